The highest BCUT2D eigenvalue weighted by atomic mass is 32.2. The van der Waals surface area contributed by atoms with Crippen molar-refractivity contribution in [3.05, 3.63) is 24.0 Å². The molecular weight excluding hydrogens is 275 g/mol. The number of nitrogen functional groups attached to an aromatic ring is 1. The Morgan fingerprint density at radius 2 is 2.16 bits per heavy atom. The van der Waals surface area contributed by atoms with Crippen molar-refractivity contribution < 1.29 is 22.3 Å². The lowest BCUT2D eigenvalue weighted by Gasteiger charge is -2.10. The van der Waals surface area contributed by atoms with E-state index >= 15 is 0 Å². The summed E-state index contributed by atoms with van der Waals surface area (Å²) in [5.41, 5.74) is 5.52. The van der Waals surface area contributed by atoms with Crippen molar-refractivity contribution in [1.82, 2.24) is 0 Å². The van der Waals surface area contributed by atoms with Crippen LogP contribution in [0.2, 0.25) is 0 Å². The minimum atomic E-state index is -3.74. The van der Waals surface area contributed by atoms with Crippen LogP contribution in [0.25, 0.3) is 0 Å². The second-order valence-electron chi connectivity index (χ2n) is 3.71. The summed E-state index contributed by atoms with van der Waals surface area (Å²) in [5, 5.41) is 0. The van der Waals surface area contributed by atoms with E-state index in [1.54, 1.807) is 6.92 Å². The van der Waals surface area contributed by atoms with E-state index in [9.17, 15) is 17.6 Å². The van der Waals surface area contributed by atoms with Gasteiger partial charge in [-0.2, -0.15) is 0 Å². The SMILES string of the molecule is CCOC(=O)CCS(=O)(=O)Nc1ccc(F)cc1N. The number of ether oxygens (including phenoxy) is 1. The number of halogens is 1. The van der Waals surface area contributed by atoms with Gasteiger partial charge in [0.1, 0.15) is 5.82 Å². The van der Waals surface area contributed by atoms with Gasteiger partial charge in [-0.3, -0.25) is 9.52 Å². The summed E-state index contributed by atoms with van der Waals surface area (Å²) in [6, 6.07) is 3.30. The van der Waals surface area contributed by atoms with E-state index in [4.69, 9.17) is 5.73 Å². The molecule has 6 nitrogen and oxygen atoms in total. The molecule has 0 spiro atoms. The summed E-state index contributed by atoms with van der Waals surface area (Å²) in [6.07, 6.45) is -0.260. The Morgan fingerprint density at radius 3 is 2.74 bits per heavy atom. The maximum absolute atomic E-state index is 12.8. The van der Waals surface area contributed by atoms with Gasteiger partial charge in [-0.15, -0.1) is 0 Å². The van der Waals surface area contributed by atoms with Gasteiger partial charge in [-0.1, -0.05) is 0 Å². The first kappa shape index (κ1) is 15.2. The first-order chi connectivity index (χ1) is 8.84. The van der Waals surface area contributed by atoms with Crippen LogP contribution in [0.4, 0.5) is 15.8 Å². The third kappa shape index (κ3) is 5.12. The maximum Gasteiger partial charge on any atom is 0.306 e. The molecule has 1 rings (SSSR count). The highest BCUT2D eigenvalue weighted by Crippen LogP contribution is 2.20. The monoisotopic (exact) mass is 290 g/mol. The molecule has 0 aromatic heterocycles. The highest BCUT2D eigenvalue weighted by Gasteiger charge is 2.15. The fourth-order valence-electron chi connectivity index (χ4n) is 1.30. The molecule has 0 aliphatic rings. The standard InChI is InChI=1S/C11H15FN2O4S/c1-2-18-11(15)5-6-19(16,17)14-10-4-3-8(12)7-9(10)13/h3-4,7,14H,2,5-6,13H2,1H3. The van der Waals surface area contributed by atoms with Crippen molar-refractivity contribution in [1.29, 1.82) is 0 Å². The van der Waals surface area contributed by atoms with Crippen LogP contribution in [-0.2, 0) is 19.6 Å². The lowest BCUT2D eigenvalue weighted by molar-refractivity contribution is -0.142. The van der Waals surface area contributed by atoms with Crippen molar-refractivity contribution in [3.8, 4) is 0 Å². The van der Waals surface area contributed by atoms with E-state index < -0.39 is 27.6 Å². The molecule has 0 amide bonds. The largest absolute Gasteiger partial charge is 0.466 e. The molecular formula is C11H15FN2O4S. The molecule has 8 heteroatoms. The van der Waals surface area contributed by atoms with Crippen LogP contribution in [-0.4, -0.2) is 26.7 Å². The van der Waals surface area contributed by atoms with Gasteiger partial charge in [-0.25, -0.2) is 12.8 Å². The van der Waals surface area contributed by atoms with Gasteiger partial charge in [0.05, 0.1) is 30.2 Å². The Hall–Kier alpha value is -1.83. The number of rotatable bonds is 6. The number of esters is 1. The first-order valence-corrected chi connectivity index (χ1v) is 7.20. The van der Waals surface area contributed by atoms with E-state index in [2.05, 4.69) is 9.46 Å². The first-order valence-electron chi connectivity index (χ1n) is 5.55. The predicted octanol–water partition coefficient (Wildman–Crippen LogP) is 1.10. The minimum absolute atomic E-state index is 0.0280. The Morgan fingerprint density at radius 1 is 1.47 bits per heavy atom. The molecule has 0 aliphatic carbocycles. The van der Waals surface area contributed by atoms with Crippen molar-refractivity contribution >= 4 is 27.4 Å². The van der Waals surface area contributed by atoms with Gasteiger partial charge in [0.15, 0.2) is 0 Å². The lowest BCUT2D eigenvalue weighted by atomic mass is 10.3. The van der Waals surface area contributed by atoms with Crippen molar-refractivity contribution in [2.45, 2.75) is 13.3 Å². The molecule has 0 saturated heterocycles. The van der Waals surface area contributed by atoms with E-state index in [1.807, 2.05) is 0 Å². The van der Waals surface area contributed by atoms with Crippen LogP contribution in [0.15, 0.2) is 18.2 Å². The highest BCUT2D eigenvalue weighted by molar-refractivity contribution is 7.92. The second-order valence-corrected chi connectivity index (χ2v) is 5.55. The summed E-state index contributed by atoms with van der Waals surface area (Å²) >= 11 is 0. The second kappa shape index (κ2) is 6.37. The number of hydrogen-bond donors (Lipinski definition) is 2. The number of benzene rings is 1. The number of sulfonamides is 1. The summed E-state index contributed by atoms with van der Waals surface area (Å²) in [6.45, 7) is 1.82. The molecule has 19 heavy (non-hydrogen) atoms. The zero-order valence-corrected chi connectivity index (χ0v) is 11.2. The maximum atomic E-state index is 12.8. The average Bonchev–Trinajstić information content (AvgIpc) is 2.31. The molecule has 0 fully saturated rings. The molecule has 0 radical (unpaired) electrons. The number of anilines is 2. The van der Waals surface area contributed by atoms with Gasteiger partial charge in [0.25, 0.3) is 0 Å². The van der Waals surface area contributed by atoms with E-state index in [-0.39, 0.29) is 24.4 Å². The molecule has 0 saturated carbocycles. The summed E-state index contributed by atoms with van der Waals surface area (Å²) in [4.78, 5) is 11.1. The molecule has 0 heterocycles. The van der Waals surface area contributed by atoms with E-state index in [0.717, 1.165) is 12.1 Å². The number of hydrogen-bond acceptors (Lipinski definition) is 5. The molecule has 0 aliphatic heterocycles. The van der Waals surface area contributed by atoms with Crippen LogP contribution in [0.3, 0.4) is 0 Å². The topological polar surface area (TPSA) is 98.5 Å². The van der Waals surface area contributed by atoms with Crippen molar-refractivity contribution in [3.63, 3.8) is 0 Å². The van der Waals surface area contributed by atoms with Crippen LogP contribution in [0, 0.1) is 5.82 Å². The molecule has 1 aromatic carbocycles. The van der Waals surface area contributed by atoms with Crippen LogP contribution < -0.4 is 10.5 Å². The zero-order valence-electron chi connectivity index (χ0n) is 10.3. The number of nitrogens with two attached hydrogens (primary N) is 1. The molecule has 0 unspecified atom stereocenters. The lowest BCUT2D eigenvalue weighted by Crippen LogP contribution is -2.20. The fraction of sp³-hybridized carbons (Fsp3) is 0.364. The van der Waals surface area contributed by atoms with E-state index in [1.165, 1.54) is 6.07 Å². The molecule has 3 N–H and O–H groups in total. The average molecular weight is 290 g/mol. The number of carbonyl (C=O) groups excluding carboxylic acids is 1. The molecule has 106 valence electrons. The predicted molar refractivity (Wildman–Crippen MR) is 69.5 cm³/mol. The van der Waals surface area contributed by atoms with Gasteiger partial charge in [-0.05, 0) is 25.1 Å². The minimum Gasteiger partial charge on any atom is -0.466 e. The van der Waals surface area contributed by atoms with Gasteiger partial charge >= 0.3 is 5.97 Å². The third-order valence-electron chi connectivity index (χ3n) is 2.16. The summed E-state index contributed by atoms with van der Waals surface area (Å²) in [7, 11) is -3.74. The molecule has 0 bridgehead atoms. The number of nitrogens with one attached hydrogen (secondary N) is 1. The fourth-order valence-corrected chi connectivity index (χ4v) is 2.35. The van der Waals surface area contributed by atoms with Crippen molar-refractivity contribution in [2.24, 2.45) is 0 Å². The van der Waals surface area contributed by atoms with Crippen LogP contribution >= 0.6 is 0 Å². The zero-order chi connectivity index (χ0) is 14.5. The van der Waals surface area contributed by atoms with Gasteiger partial charge in [0, 0.05) is 0 Å². The number of carbonyl (C=O) groups is 1. The Bertz CT molecular complexity index is 560. The summed E-state index contributed by atoms with van der Waals surface area (Å²) < 4.78 is 43.0. The summed E-state index contributed by atoms with van der Waals surface area (Å²) in [5.74, 6) is -1.59. The smallest absolute Gasteiger partial charge is 0.306 e. The normalized spacial score (nSPS) is 11.1. The van der Waals surface area contributed by atoms with Gasteiger partial charge < -0.3 is 10.5 Å². The molecule has 1 aromatic rings. The van der Waals surface area contributed by atoms with Crippen LogP contribution in [0.1, 0.15) is 13.3 Å². The van der Waals surface area contributed by atoms with E-state index in [0.29, 0.717) is 0 Å². The van der Waals surface area contributed by atoms with Crippen LogP contribution in [0.5, 0.6) is 0 Å². The Kier molecular flexibility index (Phi) is 5.11. The quantitative estimate of drug-likeness (QED) is 0.604. The molecule has 0 atom stereocenters. The Labute approximate surface area is 110 Å². The third-order valence-corrected chi connectivity index (χ3v) is 3.43. The Balaban J connectivity index is 2.66. The van der Waals surface area contributed by atoms with Gasteiger partial charge in [0.2, 0.25) is 10.0 Å². The van der Waals surface area contributed by atoms with Crippen molar-refractivity contribution in [2.75, 3.05) is 22.8 Å².